The Kier molecular flexibility index (Phi) is 5.39. The molecule has 5 rings (SSSR count). The van der Waals surface area contributed by atoms with Crippen molar-refractivity contribution < 1.29 is 13.2 Å². The lowest BCUT2D eigenvalue weighted by Crippen LogP contribution is -2.39. The van der Waals surface area contributed by atoms with E-state index in [1.807, 2.05) is 12.3 Å². The topological polar surface area (TPSA) is 61.2 Å². The smallest absolute Gasteiger partial charge is 0.269 e. The number of nitrogens with zero attached hydrogens (tertiary/aromatic N) is 2. The van der Waals surface area contributed by atoms with Gasteiger partial charge in [-0.2, -0.15) is 0 Å². The van der Waals surface area contributed by atoms with Gasteiger partial charge in [0.05, 0.1) is 10.5 Å². The lowest BCUT2D eigenvalue weighted by atomic mass is 9.73. The Morgan fingerprint density at radius 2 is 1.87 bits per heavy atom. The maximum absolute atomic E-state index is 13.1. The first kappa shape index (κ1) is 20.5. The molecule has 1 aromatic carbocycles. The maximum Gasteiger partial charge on any atom is 0.269 e. The Labute approximate surface area is 191 Å². The molecule has 2 fully saturated rings. The molecule has 0 unspecified atom stereocenters. The van der Waals surface area contributed by atoms with E-state index in [1.54, 1.807) is 30.5 Å². The molecule has 1 aliphatic heterocycles. The molecule has 0 amide bonds. The average molecular weight is 536 g/mol. The molecule has 2 aliphatic rings. The third-order valence-electron chi connectivity index (χ3n) is 6.69. The van der Waals surface area contributed by atoms with Crippen LogP contribution < -0.4 is 0 Å². The fraction of sp³-hybridized carbons (Fsp3) is 0.435. The molecular formula is C23H25IN2O3S. The average Bonchev–Trinajstić information content (AvgIpc) is 3.12. The standard InChI is InChI=1S/C23H25IN2O3S/c24-21-16-26(30(27,28)19-6-2-1-3-7-19)22-20(21)14-18(15-25-22)17-8-11-23(12-9-17)10-4-5-13-29-23/h1-3,6-7,14-17H,4-5,8-13H2. The predicted molar refractivity (Wildman–Crippen MR) is 125 cm³/mol. The molecule has 1 spiro atoms. The summed E-state index contributed by atoms with van der Waals surface area (Å²) >= 11 is 2.21. The number of aromatic nitrogens is 2. The molecule has 0 bridgehead atoms. The number of hydrogen-bond donors (Lipinski definition) is 0. The number of pyridine rings is 1. The number of halogens is 1. The first-order valence-electron chi connectivity index (χ1n) is 10.6. The quantitative estimate of drug-likeness (QED) is 0.417. The van der Waals surface area contributed by atoms with Gasteiger partial charge in [-0.25, -0.2) is 17.4 Å². The van der Waals surface area contributed by atoms with E-state index >= 15 is 0 Å². The molecule has 1 saturated heterocycles. The zero-order valence-electron chi connectivity index (χ0n) is 16.8. The molecule has 0 radical (unpaired) electrons. The van der Waals surface area contributed by atoms with E-state index in [-0.39, 0.29) is 10.5 Å². The Morgan fingerprint density at radius 3 is 2.57 bits per heavy atom. The summed E-state index contributed by atoms with van der Waals surface area (Å²) < 4.78 is 34.6. The molecule has 3 aromatic rings. The van der Waals surface area contributed by atoms with Gasteiger partial charge in [0.25, 0.3) is 10.0 Å². The van der Waals surface area contributed by atoms with Crippen LogP contribution in [-0.2, 0) is 14.8 Å². The molecule has 0 N–H and O–H groups in total. The van der Waals surface area contributed by atoms with Crippen LogP contribution >= 0.6 is 22.6 Å². The van der Waals surface area contributed by atoms with E-state index in [1.165, 1.54) is 28.8 Å². The van der Waals surface area contributed by atoms with Gasteiger partial charge in [0, 0.05) is 28.0 Å². The van der Waals surface area contributed by atoms with Crippen molar-refractivity contribution in [1.82, 2.24) is 8.96 Å². The second kappa shape index (κ2) is 7.91. The highest BCUT2D eigenvalue weighted by molar-refractivity contribution is 14.1. The summed E-state index contributed by atoms with van der Waals surface area (Å²) in [5.74, 6) is 0.461. The third kappa shape index (κ3) is 3.58. The highest BCUT2D eigenvalue weighted by Crippen LogP contribution is 2.44. The van der Waals surface area contributed by atoms with Gasteiger partial charge in [-0.1, -0.05) is 18.2 Å². The maximum atomic E-state index is 13.1. The molecule has 0 atom stereocenters. The number of hydrogen-bond acceptors (Lipinski definition) is 4. The summed E-state index contributed by atoms with van der Waals surface area (Å²) in [4.78, 5) is 4.89. The van der Waals surface area contributed by atoms with E-state index in [0.29, 0.717) is 11.6 Å². The van der Waals surface area contributed by atoms with Crippen molar-refractivity contribution >= 4 is 43.6 Å². The minimum atomic E-state index is -3.67. The van der Waals surface area contributed by atoms with Crippen molar-refractivity contribution in [3.8, 4) is 0 Å². The molecule has 3 heterocycles. The van der Waals surface area contributed by atoms with E-state index in [9.17, 15) is 8.42 Å². The van der Waals surface area contributed by atoms with Crippen molar-refractivity contribution in [2.45, 2.75) is 61.4 Å². The minimum Gasteiger partial charge on any atom is -0.375 e. The number of benzene rings is 1. The Hall–Kier alpha value is -1.45. The van der Waals surface area contributed by atoms with Crippen LogP contribution in [-0.4, -0.2) is 29.6 Å². The highest BCUT2D eigenvalue weighted by Gasteiger charge is 2.38. The normalized spacial score (nSPS) is 25.0. The molecule has 1 aliphatic carbocycles. The monoisotopic (exact) mass is 536 g/mol. The van der Waals surface area contributed by atoms with Gasteiger partial charge in [0.2, 0.25) is 0 Å². The second-order valence-electron chi connectivity index (χ2n) is 8.49. The first-order valence-corrected chi connectivity index (χ1v) is 13.1. The zero-order valence-corrected chi connectivity index (χ0v) is 19.7. The molecular weight excluding hydrogens is 511 g/mol. The molecule has 158 valence electrons. The predicted octanol–water partition coefficient (Wildman–Crippen LogP) is 5.47. The van der Waals surface area contributed by atoms with Crippen molar-refractivity contribution in [3.63, 3.8) is 0 Å². The van der Waals surface area contributed by atoms with Crippen LogP contribution in [0.15, 0.2) is 53.7 Å². The van der Waals surface area contributed by atoms with E-state index < -0.39 is 10.0 Å². The van der Waals surface area contributed by atoms with Gasteiger partial charge >= 0.3 is 0 Å². The Morgan fingerprint density at radius 1 is 1.10 bits per heavy atom. The minimum absolute atomic E-state index is 0.105. The van der Waals surface area contributed by atoms with E-state index in [4.69, 9.17) is 4.74 Å². The van der Waals surface area contributed by atoms with Crippen LogP contribution in [0.25, 0.3) is 11.0 Å². The Bertz CT molecular complexity index is 1160. The first-order chi connectivity index (χ1) is 14.5. The van der Waals surface area contributed by atoms with Gasteiger partial charge in [-0.15, -0.1) is 0 Å². The lowest BCUT2D eigenvalue weighted by Gasteiger charge is -2.42. The van der Waals surface area contributed by atoms with E-state index in [0.717, 1.165) is 41.2 Å². The summed E-state index contributed by atoms with van der Waals surface area (Å²) in [6.07, 6.45) is 11.6. The highest BCUT2D eigenvalue weighted by atomic mass is 127. The molecule has 30 heavy (non-hydrogen) atoms. The van der Waals surface area contributed by atoms with E-state index in [2.05, 4.69) is 33.6 Å². The second-order valence-corrected chi connectivity index (χ2v) is 11.5. The third-order valence-corrected chi connectivity index (χ3v) is 9.21. The summed E-state index contributed by atoms with van der Waals surface area (Å²) in [5.41, 5.74) is 1.81. The fourth-order valence-electron chi connectivity index (χ4n) is 4.95. The fourth-order valence-corrected chi connectivity index (χ4v) is 7.16. The van der Waals surface area contributed by atoms with Crippen molar-refractivity contribution in [2.24, 2.45) is 0 Å². The lowest BCUT2D eigenvalue weighted by molar-refractivity contribution is -0.102. The largest absolute Gasteiger partial charge is 0.375 e. The van der Waals surface area contributed by atoms with Crippen LogP contribution in [0.2, 0.25) is 0 Å². The van der Waals surface area contributed by atoms with Crippen molar-refractivity contribution in [2.75, 3.05) is 6.61 Å². The van der Waals surface area contributed by atoms with Crippen LogP contribution in [0.4, 0.5) is 0 Å². The summed E-state index contributed by atoms with van der Waals surface area (Å²) in [6.45, 7) is 0.903. The van der Waals surface area contributed by atoms with Crippen LogP contribution in [0.1, 0.15) is 56.4 Å². The SMILES string of the molecule is O=S(=O)(c1ccccc1)n1cc(I)c2cc(C3CCC4(CCCCO4)CC3)cnc21. The number of fused-ring (bicyclic) bond motifs is 1. The zero-order chi connectivity index (χ0) is 20.8. The molecule has 2 aromatic heterocycles. The number of ether oxygens (including phenoxy) is 1. The van der Waals surface area contributed by atoms with Crippen LogP contribution in [0.5, 0.6) is 0 Å². The van der Waals surface area contributed by atoms with Crippen molar-refractivity contribution in [1.29, 1.82) is 0 Å². The molecule has 5 nitrogen and oxygen atoms in total. The van der Waals surface area contributed by atoms with Gasteiger partial charge in [0.15, 0.2) is 5.65 Å². The van der Waals surface area contributed by atoms with Gasteiger partial charge in [-0.3, -0.25) is 0 Å². The Balaban J connectivity index is 1.44. The van der Waals surface area contributed by atoms with Gasteiger partial charge in [0.1, 0.15) is 0 Å². The molecule has 1 saturated carbocycles. The van der Waals surface area contributed by atoms with Crippen LogP contribution in [0.3, 0.4) is 0 Å². The van der Waals surface area contributed by atoms with Crippen molar-refractivity contribution in [3.05, 3.63) is 57.9 Å². The summed E-state index contributed by atoms with van der Waals surface area (Å²) in [5, 5.41) is 0.904. The number of rotatable bonds is 3. The van der Waals surface area contributed by atoms with Crippen LogP contribution in [0, 0.1) is 3.57 Å². The molecule has 7 heteroatoms. The summed E-state index contributed by atoms with van der Waals surface area (Å²) in [6, 6.07) is 10.7. The summed E-state index contributed by atoms with van der Waals surface area (Å²) in [7, 11) is -3.67. The van der Waals surface area contributed by atoms with Gasteiger partial charge in [-0.05, 0) is 97.2 Å². The van der Waals surface area contributed by atoms with Gasteiger partial charge < -0.3 is 4.74 Å².